The molecule has 7 nitrogen and oxygen atoms in total. The lowest BCUT2D eigenvalue weighted by atomic mass is 10.2. The van der Waals surface area contributed by atoms with Gasteiger partial charge < -0.3 is 10.1 Å². The average Bonchev–Trinajstić information content (AvgIpc) is 2.75. The zero-order valence-corrected chi connectivity index (χ0v) is 17.4. The SMILES string of the molecule is CCOC(=O)c1ccc(NC(=O)c2ccc(F)c(S(=O)(=O)N3CCCCC3)c2)cc1. The number of piperidine rings is 1. The van der Waals surface area contributed by atoms with Gasteiger partial charge in [-0.2, -0.15) is 4.31 Å². The van der Waals surface area contributed by atoms with Gasteiger partial charge in [-0.15, -0.1) is 0 Å². The van der Waals surface area contributed by atoms with E-state index in [1.54, 1.807) is 6.92 Å². The predicted molar refractivity (Wildman–Crippen MR) is 109 cm³/mol. The molecule has 2 aromatic rings. The molecule has 1 aliphatic rings. The van der Waals surface area contributed by atoms with Gasteiger partial charge >= 0.3 is 5.97 Å². The zero-order valence-electron chi connectivity index (χ0n) is 16.6. The maximum atomic E-state index is 14.3. The summed E-state index contributed by atoms with van der Waals surface area (Å²) in [4.78, 5) is 23.8. The van der Waals surface area contributed by atoms with Crippen molar-refractivity contribution < 1.29 is 27.1 Å². The molecule has 0 atom stereocenters. The summed E-state index contributed by atoms with van der Waals surface area (Å²) in [5.74, 6) is -1.95. The van der Waals surface area contributed by atoms with Crippen LogP contribution in [-0.2, 0) is 14.8 Å². The van der Waals surface area contributed by atoms with Crippen LogP contribution in [0.3, 0.4) is 0 Å². The van der Waals surface area contributed by atoms with Crippen LogP contribution >= 0.6 is 0 Å². The third kappa shape index (κ3) is 4.85. The van der Waals surface area contributed by atoms with Crippen LogP contribution in [0.4, 0.5) is 10.1 Å². The summed E-state index contributed by atoms with van der Waals surface area (Å²) in [5.41, 5.74) is 0.755. The number of carbonyl (C=O) groups is 2. The van der Waals surface area contributed by atoms with Gasteiger partial charge in [0, 0.05) is 24.3 Å². The molecular formula is C21H23FN2O5S. The van der Waals surface area contributed by atoms with E-state index >= 15 is 0 Å². The van der Waals surface area contributed by atoms with Crippen molar-refractivity contribution in [1.82, 2.24) is 4.31 Å². The van der Waals surface area contributed by atoms with Crippen molar-refractivity contribution in [3.8, 4) is 0 Å². The summed E-state index contributed by atoms with van der Waals surface area (Å²) in [7, 11) is -4.02. The first-order chi connectivity index (χ1) is 14.3. The minimum atomic E-state index is -4.02. The minimum absolute atomic E-state index is 0.0152. The highest BCUT2D eigenvalue weighted by Gasteiger charge is 2.29. The topological polar surface area (TPSA) is 92.8 Å². The van der Waals surface area contributed by atoms with Crippen molar-refractivity contribution >= 4 is 27.6 Å². The number of nitrogens with zero attached hydrogens (tertiary/aromatic N) is 1. The van der Waals surface area contributed by atoms with Gasteiger partial charge in [0.15, 0.2) is 0 Å². The molecule has 1 aliphatic heterocycles. The minimum Gasteiger partial charge on any atom is -0.462 e. The van der Waals surface area contributed by atoms with Gasteiger partial charge in [-0.25, -0.2) is 17.6 Å². The van der Waals surface area contributed by atoms with Gasteiger partial charge in [0.1, 0.15) is 10.7 Å². The van der Waals surface area contributed by atoms with E-state index in [1.807, 2.05) is 0 Å². The maximum absolute atomic E-state index is 14.3. The number of hydrogen-bond donors (Lipinski definition) is 1. The van der Waals surface area contributed by atoms with Crippen molar-refractivity contribution in [2.24, 2.45) is 0 Å². The van der Waals surface area contributed by atoms with E-state index in [9.17, 15) is 22.4 Å². The summed E-state index contributed by atoms with van der Waals surface area (Å²) in [6.07, 6.45) is 2.39. The Balaban J connectivity index is 1.78. The van der Waals surface area contributed by atoms with Crippen LogP contribution in [0.25, 0.3) is 0 Å². The van der Waals surface area contributed by atoms with E-state index in [1.165, 1.54) is 34.6 Å². The molecule has 3 rings (SSSR count). The molecule has 0 radical (unpaired) electrons. The summed E-state index contributed by atoms with van der Waals surface area (Å²) in [6, 6.07) is 9.33. The fourth-order valence-corrected chi connectivity index (χ4v) is 4.80. The van der Waals surface area contributed by atoms with Crippen LogP contribution in [0.15, 0.2) is 47.4 Å². The molecule has 1 saturated heterocycles. The molecule has 160 valence electrons. The molecule has 30 heavy (non-hydrogen) atoms. The van der Waals surface area contributed by atoms with E-state index in [-0.39, 0.29) is 12.2 Å². The molecule has 0 unspecified atom stereocenters. The standard InChI is InChI=1S/C21H23FN2O5S/c1-2-29-21(26)15-6-9-17(10-7-15)23-20(25)16-8-11-18(22)19(14-16)30(27,28)24-12-4-3-5-13-24/h6-11,14H,2-5,12-13H2,1H3,(H,23,25). The third-order valence-electron chi connectivity index (χ3n) is 4.78. The van der Waals surface area contributed by atoms with Crippen LogP contribution in [0.2, 0.25) is 0 Å². The van der Waals surface area contributed by atoms with E-state index in [4.69, 9.17) is 4.74 Å². The molecule has 2 aromatic carbocycles. The number of benzene rings is 2. The summed E-state index contributed by atoms with van der Waals surface area (Å²) in [5, 5.41) is 2.61. The number of anilines is 1. The Bertz CT molecular complexity index is 1030. The molecule has 0 bridgehead atoms. The fourth-order valence-electron chi connectivity index (χ4n) is 3.19. The Hall–Kier alpha value is -2.78. The molecule has 0 aliphatic carbocycles. The number of hydrogen-bond acceptors (Lipinski definition) is 5. The smallest absolute Gasteiger partial charge is 0.338 e. The molecule has 0 saturated carbocycles. The first-order valence-electron chi connectivity index (χ1n) is 9.71. The highest BCUT2D eigenvalue weighted by molar-refractivity contribution is 7.89. The Morgan fingerprint density at radius 2 is 1.67 bits per heavy atom. The normalized spacial score (nSPS) is 14.9. The van der Waals surface area contributed by atoms with Gasteiger partial charge in [-0.3, -0.25) is 4.79 Å². The summed E-state index contributed by atoms with van der Waals surface area (Å²) >= 11 is 0. The van der Waals surface area contributed by atoms with Gasteiger partial charge in [0.25, 0.3) is 5.91 Å². The third-order valence-corrected chi connectivity index (χ3v) is 6.69. The number of sulfonamides is 1. The Kier molecular flexibility index (Phi) is 6.84. The zero-order chi connectivity index (χ0) is 21.7. The first-order valence-corrected chi connectivity index (χ1v) is 11.1. The van der Waals surface area contributed by atoms with Crippen molar-refractivity contribution in [1.29, 1.82) is 0 Å². The number of ether oxygens (including phenoxy) is 1. The number of rotatable bonds is 6. The van der Waals surface area contributed by atoms with Crippen molar-refractivity contribution in [2.75, 3.05) is 25.0 Å². The quantitative estimate of drug-likeness (QED) is 0.703. The first kappa shape index (κ1) is 21.9. The molecule has 9 heteroatoms. The monoisotopic (exact) mass is 434 g/mol. The summed E-state index contributed by atoms with van der Waals surface area (Å²) in [6.45, 7) is 2.63. The Labute approximate surface area is 174 Å². The summed E-state index contributed by atoms with van der Waals surface area (Å²) < 4.78 is 46.1. The highest BCUT2D eigenvalue weighted by Crippen LogP contribution is 2.24. The van der Waals surface area contributed by atoms with E-state index in [0.717, 1.165) is 31.4 Å². The Morgan fingerprint density at radius 1 is 1.03 bits per heavy atom. The van der Waals surface area contributed by atoms with E-state index < -0.39 is 32.6 Å². The number of carbonyl (C=O) groups excluding carboxylic acids is 2. The number of amides is 1. The molecule has 1 fully saturated rings. The van der Waals surface area contributed by atoms with E-state index in [0.29, 0.717) is 24.3 Å². The number of halogens is 1. The van der Waals surface area contributed by atoms with Gasteiger partial charge in [-0.05, 0) is 62.2 Å². The van der Waals surface area contributed by atoms with Crippen LogP contribution in [-0.4, -0.2) is 44.3 Å². The van der Waals surface area contributed by atoms with Crippen molar-refractivity contribution in [3.63, 3.8) is 0 Å². The lowest BCUT2D eigenvalue weighted by Crippen LogP contribution is -2.36. The lowest BCUT2D eigenvalue weighted by Gasteiger charge is -2.26. The second kappa shape index (κ2) is 9.36. The second-order valence-corrected chi connectivity index (χ2v) is 8.77. The molecule has 1 heterocycles. The van der Waals surface area contributed by atoms with Crippen LogP contribution in [0, 0.1) is 5.82 Å². The van der Waals surface area contributed by atoms with Crippen LogP contribution < -0.4 is 5.32 Å². The molecule has 1 amide bonds. The number of nitrogens with one attached hydrogen (secondary N) is 1. The second-order valence-electron chi connectivity index (χ2n) is 6.86. The maximum Gasteiger partial charge on any atom is 0.338 e. The molecule has 0 aromatic heterocycles. The fraction of sp³-hybridized carbons (Fsp3) is 0.333. The van der Waals surface area contributed by atoms with Crippen molar-refractivity contribution in [2.45, 2.75) is 31.1 Å². The molecule has 1 N–H and O–H groups in total. The predicted octanol–water partition coefficient (Wildman–Crippen LogP) is 3.43. The van der Waals surface area contributed by atoms with Gasteiger partial charge in [0.05, 0.1) is 12.2 Å². The molecule has 0 spiro atoms. The van der Waals surface area contributed by atoms with Crippen molar-refractivity contribution in [3.05, 3.63) is 59.4 Å². The van der Waals surface area contributed by atoms with Gasteiger partial charge in [-0.1, -0.05) is 6.42 Å². The Morgan fingerprint density at radius 3 is 2.30 bits per heavy atom. The van der Waals surface area contributed by atoms with Gasteiger partial charge in [0.2, 0.25) is 10.0 Å². The van der Waals surface area contributed by atoms with E-state index in [2.05, 4.69) is 5.32 Å². The molecular weight excluding hydrogens is 411 g/mol. The van der Waals surface area contributed by atoms with Crippen LogP contribution in [0.1, 0.15) is 46.9 Å². The average molecular weight is 434 g/mol. The number of esters is 1. The highest BCUT2D eigenvalue weighted by atomic mass is 32.2. The van der Waals surface area contributed by atoms with Crippen LogP contribution in [0.5, 0.6) is 0 Å². The largest absolute Gasteiger partial charge is 0.462 e. The lowest BCUT2D eigenvalue weighted by molar-refractivity contribution is 0.0526.